The fourth-order valence-corrected chi connectivity index (χ4v) is 4.52. The van der Waals surface area contributed by atoms with E-state index in [0.717, 1.165) is 30.3 Å². The molecule has 1 aliphatic heterocycles. The Morgan fingerprint density at radius 1 is 1.24 bits per heavy atom. The van der Waals surface area contributed by atoms with Crippen LogP contribution in [0.4, 0.5) is 5.82 Å². The van der Waals surface area contributed by atoms with Gasteiger partial charge in [0.05, 0.1) is 16.8 Å². The topological polar surface area (TPSA) is 128 Å². The molecule has 1 aliphatic rings. The molecule has 10 heteroatoms. The van der Waals surface area contributed by atoms with E-state index in [4.69, 9.17) is 20.3 Å². The van der Waals surface area contributed by atoms with Crippen molar-refractivity contribution in [1.29, 1.82) is 0 Å². The third-order valence-electron chi connectivity index (χ3n) is 6.39. The maximum absolute atomic E-state index is 13.7. The van der Waals surface area contributed by atoms with Gasteiger partial charge in [-0.2, -0.15) is 0 Å². The summed E-state index contributed by atoms with van der Waals surface area (Å²) < 4.78 is 6.89. The monoisotopic (exact) mass is 460 g/mol. The highest BCUT2D eigenvalue weighted by Crippen LogP contribution is 2.34. The van der Waals surface area contributed by atoms with Crippen LogP contribution in [0, 0.1) is 0 Å². The van der Waals surface area contributed by atoms with Crippen molar-refractivity contribution in [1.82, 2.24) is 35.1 Å². The number of likely N-dealkylation sites (tertiary alicyclic amines) is 1. The molecule has 4 heterocycles. The van der Waals surface area contributed by atoms with Crippen molar-refractivity contribution in [2.24, 2.45) is 0 Å². The van der Waals surface area contributed by atoms with Gasteiger partial charge in [-0.25, -0.2) is 9.61 Å². The molecular weight excluding hydrogens is 432 g/mol. The average molecular weight is 461 g/mol. The van der Waals surface area contributed by atoms with Gasteiger partial charge in [-0.1, -0.05) is 43.7 Å². The molecular formula is C24H28N8O2. The lowest BCUT2D eigenvalue weighted by molar-refractivity contribution is 0.0791. The fourth-order valence-electron chi connectivity index (χ4n) is 4.52. The number of imidazole rings is 1. The lowest BCUT2D eigenvalue weighted by atomic mass is 10.1. The summed E-state index contributed by atoms with van der Waals surface area (Å²) in [6.45, 7) is 4.12. The number of benzene rings is 1. The molecule has 1 unspecified atom stereocenters. The minimum absolute atomic E-state index is 0.0506. The van der Waals surface area contributed by atoms with Gasteiger partial charge in [-0.05, 0) is 30.2 Å². The Balaban J connectivity index is 1.75. The molecule has 4 aromatic rings. The summed E-state index contributed by atoms with van der Waals surface area (Å²) >= 11 is 0. The van der Waals surface area contributed by atoms with Crippen LogP contribution in [0.5, 0.6) is 0 Å². The standard InChI is InChI=1S/C24H28N8O2/c1-3-4-11-32-21-17(24(33)31-12-10-16(14-31)26-2)13-27-18(15-8-6-5-7-9-15)19(21)28-23(32)20-22(25)30-34-29-20/h5-9,13,16,26H,3-4,10-12,14H2,1-2H3,(H2,25,30). The largest absolute Gasteiger partial charge is 0.379 e. The molecule has 3 N–H and O–H groups in total. The molecule has 176 valence electrons. The van der Waals surface area contributed by atoms with Crippen molar-refractivity contribution in [3.8, 4) is 22.8 Å². The van der Waals surface area contributed by atoms with E-state index in [-0.39, 0.29) is 17.8 Å². The molecule has 1 amide bonds. The second kappa shape index (κ2) is 9.22. The van der Waals surface area contributed by atoms with Crippen molar-refractivity contribution < 1.29 is 9.42 Å². The van der Waals surface area contributed by atoms with Crippen LogP contribution in [-0.4, -0.2) is 61.8 Å². The first kappa shape index (κ1) is 22.0. The second-order valence-electron chi connectivity index (χ2n) is 8.55. The molecule has 1 saturated heterocycles. The van der Waals surface area contributed by atoms with E-state index < -0.39 is 0 Å². The number of unbranched alkanes of at least 4 members (excludes halogenated alkanes) is 1. The second-order valence-corrected chi connectivity index (χ2v) is 8.55. The zero-order chi connectivity index (χ0) is 23.7. The SMILES string of the molecule is CCCCn1c(-c2nonc2N)nc2c(-c3ccccc3)ncc(C(=O)N3CCC(NC)C3)c21. The summed E-state index contributed by atoms with van der Waals surface area (Å²) in [5.74, 6) is 0.632. The predicted molar refractivity (Wildman–Crippen MR) is 129 cm³/mol. The van der Waals surface area contributed by atoms with Crippen LogP contribution in [0.15, 0.2) is 41.2 Å². The highest BCUT2D eigenvalue weighted by molar-refractivity contribution is 6.08. The quantitative estimate of drug-likeness (QED) is 0.431. The van der Waals surface area contributed by atoms with Crippen molar-refractivity contribution in [3.63, 3.8) is 0 Å². The summed E-state index contributed by atoms with van der Waals surface area (Å²) in [6.07, 6.45) is 4.47. The van der Waals surface area contributed by atoms with Gasteiger partial charge < -0.3 is 20.5 Å². The van der Waals surface area contributed by atoms with E-state index in [9.17, 15) is 4.79 Å². The number of hydrogen-bond acceptors (Lipinski definition) is 8. The summed E-state index contributed by atoms with van der Waals surface area (Å²) in [4.78, 5) is 25.2. The van der Waals surface area contributed by atoms with Crippen molar-refractivity contribution in [2.75, 3.05) is 25.9 Å². The van der Waals surface area contributed by atoms with Gasteiger partial charge in [0.2, 0.25) is 0 Å². The van der Waals surface area contributed by atoms with E-state index >= 15 is 0 Å². The molecule has 0 aliphatic carbocycles. The minimum atomic E-state index is -0.0506. The van der Waals surface area contributed by atoms with Crippen LogP contribution in [0.3, 0.4) is 0 Å². The fraction of sp³-hybridized carbons (Fsp3) is 0.375. The highest BCUT2D eigenvalue weighted by atomic mass is 16.6. The number of aryl methyl sites for hydroxylation is 1. The van der Waals surface area contributed by atoms with Crippen LogP contribution in [0.2, 0.25) is 0 Å². The number of nitrogens with two attached hydrogens (primary N) is 1. The summed E-state index contributed by atoms with van der Waals surface area (Å²) in [5, 5.41) is 11.0. The Morgan fingerprint density at radius 3 is 2.74 bits per heavy atom. The van der Waals surface area contributed by atoms with Crippen molar-refractivity contribution in [2.45, 2.75) is 38.8 Å². The number of fused-ring (bicyclic) bond motifs is 1. The first-order valence-corrected chi connectivity index (χ1v) is 11.6. The number of pyridine rings is 1. The molecule has 1 fully saturated rings. The third-order valence-corrected chi connectivity index (χ3v) is 6.39. The molecule has 10 nitrogen and oxygen atoms in total. The number of nitrogen functional groups attached to an aromatic ring is 1. The molecule has 0 saturated carbocycles. The molecule has 1 atom stereocenters. The summed E-state index contributed by atoms with van der Waals surface area (Å²) in [7, 11) is 1.93. The number of aromatic nitrogens is 5. The average Bonchev–Trinajstić information content (AvgIpc) is 3.60. The number of carbonyl (C=O) groups is 1. The maximum Gasteiger partial charge on any atom is 0.257 e. The van der Waals surface area contributed by atoms with Gasteiger partial charge >= 0.3 is 0 Å². The van der Waals surface area contributed by atoms with E-state index in [1.807, 2.05) is 46.8 Å². The zero-order valence-corrected chi connectivity index (χ0v) is 19.4. The number of amides is 1. The number of rotatable bonds is 7. The summed E-state index contributed by atoms with van der Waals surface area (Å²) in [5.41, 5.74) is 9.92. The normalized spacial score (nSPS) is 15.9. The number of nitrogens with one attached hydrogen (secondary N) is 1. The lowest BCUT2D eigenvalue weighted by Crippen LogP contribution is -2.33. The number of anilines is 1. The molecule has 0 spiro atoms. The molecule has 0 bridgehead atoms. The maximum atomic E-state index is 13.7. The Hall–Kier alpha value is -3.79. The van der Waals surface area contributed by atoms with Gasteiger partial charge in [0.25, 0.3) is 5.91 Å². The number of hydrogen-bond donors (Lipinski definition) is 2. The minimum Gasteiger partial charge on any atom is -0.379 e. The highest BCUT2D eigenvalue weighted by Gasteiger charge is 2.31. The molecule has 3 aromatic heterocycles. The molecule has 1 aromatic carbocycles. The van der Waals surface area contributed by atoms with Crippen LogP contribution in [0.25, 0.3) is 33.8 Å². The van der Waals surface area contributed by atoms with E-state index in [0.29, 0.717) is 47.9 Å². The van der Waals surface area contributed by atoms with Gasteiger partial charge in [-0.3, -0.25) is 9.78 Å². The van der Waals surface area contributed by atoms with Crippen LogP contribution in [0.1, 0.15) is 36.5 Å². The van der Waals surface area contributed by atoms with E-state index in [1.165, 1.54) is 0 Å². The molecule has 34 heavy (non-hydrogen) atoms. The number of carbonyl (C=O) groups excluding carboxylic acids is 1. The van der Waals surface area contributed by atoms with Gasteiger partial charge in [0.1, 0.15) is 5.52 Å². The van der Waals surface area contributed by atoms with Gasteiger partial charge in [-0.15, -0.1) is 0 Å². The van der Waals surface area contributed by atoms with Crippen molar-refractivity contribution in [3.05, 3.63) is 42.1 Å². The predicted octanol–water partition coefficient (Wildman–Crippen LogP) is 2.96. The molecule has 0 radical (unpaired) electrons. The smallest absolute Gasteiger partial charge is 0.257 e. The lowest BCUT2D eigenvalue weighted by Gasteiger charge is -2.18. The Bertz CT molecular complexity index is 1310. The van der Waals surface area contributed by atoms with E-state index in [1.54, 1.807) is 6.20 Å². The number of nitrogens with zero attached hydrogens (tertiary/aromatic N) is 6. The molecule has 5 rings (SSSR count). The number of likely N-dealkylation sites (N-methyl/N-ethyl adjacent to an activating group) is 1. The zero-order valence-electron chi connectivity index (χ0n) is 19.4. The van der Waals surface area contributed by atoms with Crippen LogP contribution < -0.4 is 11.1 Å². The first-order chi connectivity index (χ1) is 16.6. The Kier molecular flexibility index (Phi) is 5.97. The van der Waals surface area contributed by atoms with Crippen LogP contribution >= 0.6 is 0 Å². The Morgan fingerprint density at radius 2 is 2.06 bits per heavy atom. The van der Waals surface area contributed by atoms with Crippen molar-refractivity contribution >= 4 is 22.8 Å². The first-order valence-electron chi connectivity index (χ1n) is 11.6. The van der Waals surface area contributed by atoms with E-state index in [2.05, 4.69) is 22.6 Å². The van der Waals surface area contributed by atoms with Crippen LogP contribution in [-0.2, 0) is 6.54 Å². The van der Waals surface area contributed by atoms with Gasteiger partial charge in [0, 0.05) is 37.4 Å². The Labute approximate surface area is 197 Å². The summed E-state index contributed by atoms with van der Waals surface area (Å²) in [6, 6.07) is 10.1. The van der Waals surface area contributed by atoms with Gasteiger partial charge in [0.15, 0.2) is 17.3 Å². The third kappa shape index (κ3) is 3.79.